The molecule has 9 heterocycles. The molecule has 0 bridgehead atoms. The van der Waals surface area contributed by atoms with Crippen LogP contribution in [0.3, 0.4) is 0 Å². The van der Waals surface area contributed by atoms with E-state index in [1.54, 1.807) is 33.8 Å². The maximum atomic E-state index is 11.7. The summed E-state index contributed by atoms with van der Waals surface area (Å²) in [4.78, 5) is 43.8. The zero-order valence-corrected chi connectivity index (χ0v) is 41.1. The van der Waals surface area contributed by atoms with Gasteiger partial charge in [0.2, 0.25) is 17.8 Å². The number of carboxylic acids is 1. The van der Waals surface area contributed by atoms with E-state index in [2.05, 4.69) is 91.9 Å². The van der Waals surface area contributed by atoms with Crippen molar-refractivity contribution < 1.29 is 34.4 Å². The number of nitrogens with zero attached hydrogens (tertiary/aromatic N) is 9. The number of thiophene rings is 2. The van der Waals surface area contributed by atoms with Crippen molar-refractivity contribution in [1.29, 1.82) is 0 Å². The maximum absolute atomic E-state index is 11.7. The van der Waals surface area contributed by atoms with E-state index in [0.29, 0.717) is 31.0 Å². The van der Waals surface area contributed by atoms with E-state index in [1.165, 1.54) is 53.0 Å². The van der Waals surface area contributed by atoms with Crippen molar-refractivity contribution in [3.63, 3.8) is 0 Å². The Hall–Kier alpha value is -7.00. The third-order valence-corrected chi connectivity index (χ3v) is 15.4. The largest absolute Gasteiger partial charge is 0.492 e. The van der Waals surface area contributed by atoms with Gasteiger partial charge in [0, 0.05) is 70.3 Å². The number of amides is 1. The van der Waals surface area contributed by atoms with E-state index in [4.69, 9.17) is 39.6 Å². The van der Waals surface area contributed by atoms with Gasteiger partial charge in [-0.25, -0.2) is 24.7 Å². The zero-order valence-electron chi connectivity index (χ0n) is 39.5. The number of hydrogen-bond donors (Lipinski definition) is 5. The molecule has 0 radical (unpaired) electrons. The van der Waals surface area contributed by atoms with Crippen LogP contribution in [0.15, 0.2) is 73.6 Å². The molecule has 3 aliphatic heterocycles. The number of rotatable bonds is 10. The van der Waals surface area contributed by atoms with Crippen molar-refractivity contribution in [2.24, 2.45) is 0 Å². The van der Waals surface area contributed by atoms with Crippen molar-refractivity contribution in [2.45, 2.75) is 91.1 Å². The van der Waals surface area contributed by atoms with Crippen LogP contribution in [0, 0.1) is 13.8 Å². The van der Waals surface area contributed by atoms with Crippen LogP contribution in [-0.2, 0) is 22.4 Å². The van der Waals surface area contributed by atoms with E-state index in [9.17, 15) is 4.79 Å². The molecule has 376 valence electrons. The number of carbonyl (C=O) groups is 2. The van der Waals surface area contributed by atoms with Crippen LogP contribution in [0.2, 0.25) is 0 Å². The molecule has 1 saturated heterocycles. The van der Waals surface area contributed by atoms with Gasteiger partial charge in [0.05, 0.1) is 81.9 Å². The predicted molar refractivity (Wildman–Crippen MR) is 280 cm³/mol. The second kappa shape index (κ2) is 22.2. The van der Waals surface area contributed by atoms with Gasteiger partial charge in [-0.2, -0.15) is 10.2 Å². The Balaban J connectivity index is 0.000000162. The number of carboxylic acid groups (broad SMARTS) is 1. The molecule has 1 amide bonds. The standard InChI is InChI=1S/C25H26N6O3S.C24H25N5OS.C2H4O3.CH4/c1-15-22(19-4-2-3-16-7-10-34-24(16)19)23-20(35-15)12-26-25(29-23)28-17-11-27-31(13-17)18-5-8-30(9-6-18)21(33)14-32;1-15-21(19-9-5-6-16-10-11-30-23(16)19)22-20(31-15)13-25-24(28-22)27-17-12-26-29(14-17)18-7-3-2-4-8-18;3-1-2(4)5;/h2-4,11-13,18,32H,5-10,14H2,1H3,(H,26,28,29);5-6,9,12-14,18H,2-4,7-8,10-11H2,1H3,(H,25,27,28);3H,1H2,(H,4,5);1H4. The summed E-state index contributed by atoms with van der Waals surface area (Å²) in [5.41, 5.74) is 10.6. The molecular weight excluding hydrogens is 955 g/mol. The highest BCUT2D eigenvalue weighted by molar-refractivity contribution is 7.20. The first kappa shape index (κ1) is 50.0. The lowest BCUT2D eigenvalue weighted by atomic mass is 9.96. The highest BCUT2D eigenvalue weighted by atomic mass is 32.1. The number of piperidine rings is 1. The first-order valence-electron chi connectivity index (χ1n) is 24.0. The fourth-order valence-electron chi connectivity index (χ4n) is 9.88. The van der Waals surface area contributed by atoms with E-state index < -0.39 is 19.2 Å². The second-order valence-electron chi connectivity index (χ2n) is 17.9. The second-order valence-corrected chi connectivity index (χ2v) is 20.5. The van der Waals surface area contributed by atoms with Gasteiger partial charge in [-0.05, 0) is 50.7 Å². The van der Waals surface area contributed by atoms with Gasteiger partial charge >= 0.3 is 5.97 Å². The lowest BCUT2D eigenvalue weighted by Crippen LogP contribution is -2.40. The third kappa shape index (κ3) is 10.6. The SMILES string of the molecule is C.Cc1sc2cnc(Nc3cnn(C4CCCCC4)c3)nc2c1-c1cccc2c1OCC2.Cc1sc2cnc(Nc3cnn(C4CCN(C(=O)CO)CC4)c3)nc2c1-c1cccc2c1OCC2.O=C(O)CO. The van der Waals surface area contributed by atoms with Crippen LogP contribution in [-0.4, -0.2) is 111 Å². The average Bonchev–Trinajstić information content (AvgIpc) is 4.27. The number of aryl methyl sites for hydroxylation is 2. The van der Waals surface area contributed by atoms with E-state index >= 15 is 0 Å². The molecule has 0 unspecified atom stereocenters. The molecule has 12 rings (SSSR count). The molecular formula is C52H59N11O7S2. The monoisotopic (exact) mass is 1010 g/mol. The fourth-order valence-corrected chi connectivity index (χ4v) is 11.9. The number of anilines is 4. The van der Waals surface area contributed by atoms with Crippen LogP contribution < -0.4 is 20.1 Å². The minimum Gasteiger partial charge on any atom is -0.492 e. The molecule has 4 aliphatic rings. The van der Waals surface area contributed by atoms with Crippen molar-refractivity contribution in [1.82, 2.24) is 44.4 Å². The van der Waals surface area contributed by atoms with Crippen molar-refractivity contribution >= 4 is 78.3 Å². The summed E-state index contributed by atoms with van der Waals surface area (Å²) in [5, 5.41) is 39.9. The Kier molecular flexibility index (Phi) is 15.4. The molecule has 20 heteroatoms. The molecule has 18 nitrogen and oxygen atoms in total. The number of aliphatic carboxylic acids is 1. The van der Waals surface area contributed by atoms with Gasteiger partial charge in [-0.1, -0.05) is 63.1 Å². The van der Waals surface area contributed by atoms with Crippen LogP contribution in [0.1, 0.15) is 85.3 Å². The molecule has 72 heavy (non-hydrogen) atoms. The van der Waals surface area contributed by atoms with Crippen molar-refractivity contribution in [2.75, 3.05) is 50.2 Å². The van der Waals surface area contributed by atoms with Gasteiger partial charge in [0.1, 0.15) is 24.7 Å². The summed E-state index contributed by atoms with van der Waals surface area (Å²) < 4.78 is 18.1. The number of hydrogen-bond acceptors (Lipinski definition) is 16. The van der Waals surface area contributed by atoms with E-state index in [0.717, 1.165) is 104 Å². The molecule has 6 aromatic heterocycles. The lowest BCUT2D eigenvalue weighted by molar-refractivity contribution is -0.140. The number of likely N-dealkylation sites (tertiary alicyclic amines) is 1. The summed E-state index contributed by atoms with van der Waals surface area (Å²) in [6, 6.07) is 13.5. The number of aromatic nitrogens is 8. The number of para-hydroxylation sites is 2. The first-order valence-corrected chi connectivity index (χ1v) is 25.6. The Morgan fingerprint density at radius 2 is 1.15 bits per heavy atom. The Bertz CT molecular complexity index is 3210. The number of aliphatic hydroxyl groups excluding tert-OH is 2. The Labute approximate surface area is 424 Å². The lowest BCUT2D eigenvalue weighted by Gasteiger charge is -2.31. The van der Waals surface area contributed by atoms with Gasteiger partial charge in [0.25, 0.3) is 0 Å². The Morgan fingerprint density at radius 3 is 1.61 bits per heavy atom. The molecule has 0 atom stereocenters. The number of carbonyl (C=O) groups excluding carboxylic acids is 1. The van der Waals surface area contributed by atoms with Crippen LogP contribution in [0.25, 0.3) is 42.7 Å². The number of fused-ring (bicyclic) bond motifs is 4. The molecule has 5 N–H and O–H groups in total. The average molecular weight is 1010 g/mol. The third-order valence-electron chi connectivity index (χ3n) is 13.3. The summed E-state index contributed by atoms with van der Waals surface area (Å²) >= 11 is 3.42. The molecule has 0 spiro atoms. The maximum Gasteiger partial charge on any atom is 0.329 e. The normalized spacial score (nSPS) is 15.3. The van der Waals surface area contributed by atoms with Gasteiger partial charge in [-0.3, -0.25) is 14.2 Å². The minimum absolute atomic E-state index is 0. The smallest absolute Gasteiger partial charge is 0.329 e. The highest BCUT2D eigenvalue weighted by Gasteiger charge is 2.26. The van der Waals surface area contributed by atoms with Gasteiger partial charge in [-0.15, -0.1) is 22.7 Å². The van der Waals surface area contributed by atoms with Crippen LogP contribution >= 0.6 is 22.7 Å². The highest BCUT2D eigenvalue weighted by Crippen LogP contribution is 2.46. The molecule has 2 fully saturated rings. The summed E-state index contributed by atoms with van der Waals surface area (Å²) in [6.45, 7) is 5.77. The van der Waals surface area contributed by atoms with Gasteiger partial charge in [0.15, 0.2) is 0 Å². The Morgan fingerprint density at radius 1 is 0.681 bits per heavy atom. The number of ether oxygens (including phenoxy) is 2. The van der Waals surface area contributed by atoms with E-state index in [-0.39, 0.29) is 19.4 Å². The van der Waals surface area contributed by atoms with Crippen LogP contribution in [0.4, 0.5) is 23.3 Å². The molecule has 1 aliphatic carbocycles. The van der Waals surface area contributed by atoms with Crippen LogP contribution in [0.5, 0.6) is 11.5 Å². The molecule has 2 aromatic carbocycles. The van der Waals surface area contributed by atoms with Crippen molar-refractivity contribution in [3.05, 3.63) is 94.5 Å². The summed E-state index contributed by atoms with van der Waals surface area (Å²) in [5.74, 6) is 1.69. The number of aliphatic hydroxyl groups is 2. The molecule has 1 saturated carbocycles. The molecule has 8 aromatic rings. The minimum atomic E-state index is -1.19. The summed E-state index contributed by atoms with van der Waals surface area (Å²) in [6.07, 6.45) is 21.3. The quantitative estimate of drug-likeness (QED) is 0.0860. The number of nitrogens with one attached hydrogen (secondary N) is 2. The van der Waals surface area contributed by atoms with Crippen molar-refractivity contribution in [3.8, 4) is 33.8 Å². The number of benzene rings is 2. The van der Waals surface area contributed by atoms with Gasteiger partial charge < -0.3 is 40.3 Å². The van der Waals surface area contributed by atoms with E-state index in [1.807, 2.05) is 29.5 Å². The zero-order chi connectivity index (χ0) is 49.0. The predicted octanol–water partition coefficient (Wildman–Crippen LogP) is 9.44. The fraction of sp³-hybridized carbons (Fsp3) is 0.385. The summed E-state index contributed by atoms with van der Waals surface area (Å²) in [7, 11) is 0. The first-order chi connectivity index (χ1) is 34.6. The topological polar surface area (TPSA) is 228 Å².